The van der Waals surface area contributed by atoms with Gasteiger partial charge in [0.15, 0.2) is 0 Å². The van der Waals surface area contributed by atoms with Gasteiger partial charge in [-0.3, -0.25) is 4.79 Å². The summed E-state index contributed by atoms with van der Waals surface area (Å²) in [5, 5.41) is 2.58. The van der Waals surface area contributed by atoms with E-state index in [-0.39, 0.29) is 5.56 Å². The first kappa shape index (κ1) is 16.4. The lowest BCUT2D eigenvalue weighted by atomic mass is 10.1. The van der Waals surface area contributed by atoms with Crippen LogP contribution in [0.5, 0.6) is 0 Å². The Morgan fingerprint density at radius 2 is 1.88 bits per heavy atom. The molecule has 0 unspecified atom stereocenters. The summed E-state index contributed by atoms with van der Waals surface area (Å²) >= 11 is 0. The van der Waals surface area contributed by atoms with E-state index < -0.39 is 17.5 Å². The Labute approximate surface area is 149 Å². The molecule has 4 rings (SSSR count). The second-order valence-corrected chi connectivity index (χ2v) is 6.35. The number of nitrogens with zero attached hydrogens (tertiary/aromatic N) is 2. The van der Waals surface area contributed by atoms with Crippen molar-refractivity contribution in [3.63, 3.8) is 0 Å². The van der Waals surface area contributed by atoms with Crippen molar-refractivity contribution in [3.05, 3.63) is 71.7 Å². The van der Waals surface area contributed by atoms with Gasteiger partial charge in [0, 0.05) is 30.4 Å². The largest absolute Gasteiger partial charge is 0.334 e. The Balaban J connectivity index is 1.52. The quantitative estimate of drug-likeness (QED) is 0.758. The van der Waals surface area contributed by atoms with Crippen molar-refractivity contribution in [2.45, 2.75) is 25.8 Å². The van der Waals surface area contributed by atoms with Crippen LogP contribution in [0, 0.1) is 11.6 Å². The Hall–Kier alpha value is -3.02. The van der Waals surface area contributed by atoms with Crippen molar-refractivity contribution in [1.29, 1.82) is 0 Å². The maximum Gasteiger partial charge on any atom is 0.258 e. The fourth-order valence-electron chi connectivity index (χ4n) is 3.15. The van der Waals surface area contributed by atoms with E-state index in [1.54, 1.807) is 12.1 Å². The SMILES string of the molecule is O=C(Nc1ccc(-c2cn3c(n2)CCCC3)cc1)c1cc(F)ccc1F. The second-order valence-electron chi connectivity index (χ2n) is 6.35. The molecule has 26 heavy (non-hydrogen) atoms. The van der Waals surface area contributed by atoms with E-state index in [9.17, 15) is 13.6 Å². The molecule has 0 bridgehead atoms. The molecule has 0 radical (unpaired) electrons. The number of fused-ring (bicyclic) bond motifs is 1. The third-order valence-corrected chi connectivity index (χ3v) is 4.52. The lowest BCUT2D eigenvalue weighted by Gasteiger charge is -2.11. The average Bonchev–Trinajstić information content (AvgIpc) is 3.08. The number of benzene rings is 2. The number of aryl methyl sites for hydroxylation is 2. The van der Waals surface area contributed by atoms with E-state index in [2.05, 4.69) is 14.9 Å². The number of aromatic nitrogens is 2. The number of hydrogen-bond acceptors (Lipinski definition) is 2. The van der Waals surface area contributed by atoms with Crippen molar-refractivity contribution in [1.82, 2.24) is 9.55 Å². The molecule has 0 saturated heterocycles. The highest BCUT2D eigenvalue weighted by Crippen LogP contribution is 2.24. The molecule has 4 nitrogen and oxygen atoms in total. The first-order valence-electron chi connectivity index (χ1n) is 8.53. The average molecular weight is 353 g/mol. The minimum Gasteiger partial charge on any atom is -0.334 e. The van der Waals surface area contributed by atoms with Crippen molar-refractivity contribution in [2.24, 2.45) is 0 Å². The summed E-state index contributed by atoms with van der Waals surface area (Å²) in [5.41, 5.74) is 2.03. The van der Waals surface area contributed by atoms with Crippen molar-refractivity contribution in [3.8, 4) is 11.3 Å². The normalized spacial score (nSPS) is 13.3. The maximum absolute atomic E-state index is 13.7. The summed E-state index contributed by atoms with van der Waals surface area (Å²) in [6.45, 7) is 0.996. The number of rotatable bonds is 3. The van der Waals surface area contributed by atoms with E-state index in [1.165, 1.54) is 6.42 Å². The Bertz CT molecular complexity index is 940. The van der Waals surface area contributed by atoms with Gasteiger partial charge in [0.1, 0.15) is 17.5 Å². The van der Waals surface area contributed by atoms with Crippen LogP contribution < -0.4 is 5.32 Å². The minimum atomic E-state index is -0.760. The van der Waals surface area contributed by atoms with Gasteiger partial charge < -0.3 is 9.88 Å². The van der Waals surface area contributed by atoms with Crippen LogP contribution in [-0.4, -0.2) is 15.5 Å². The van der Waals surface area contributed by atoms with E-state index in [4.69, 9.17) is 0 Å². The Morgan fingerprint density at radius 3 is 2.65 bits per heavy atom. The van der Waals surface area contributed by atoms with E-state index >= 15 is 0 Å². The van der Waals surface area contributed by atoms with Gasteiger partial charge in [-0.1, -0.05) is 12.1 Å². The monoisotopic (exact) mass is 353 g/mol. The lowest BCUT2D eigenvalue weighted by molar-refractivity contribution is 0.102. The topological polar surface area (TPSA) is 46.9 Å². The highest BCUT2D eigenvalue weighted by molar-refractivity contribution is 6.04. The summed E-state index contributed by atoms with van der Waals surface area (Å²) in [5.74, 6) is -1.00. The standard InChI is InChI=1S/C20H17F2N3O/c21-14-6-9-17(22)16(11-14)20(26)23-15-7-4-13(5-8-15)18-12-25-10-2-1-3-19(25)24-18/h4-9,11-12H,1-3,10H2,(H,23,26). The Morgan fingerprint density at radius 1 is 1.08 bits per heavy atom. The van der Waals surface area contributed by atoms with Gasteiger partial charge in [-0.05, 0) is 43.2 Å². The third-order valence-electron chi connectivity index (χ3n) is 4.52. The molecular weight excluding hydrogens is 336 g/mol. The van der Waals surface area contributed by atoms with Crippen LogP contribution in [0.15, 0.2) is 48.7 Å². The van der Waals surface area contributed by atoms with Gasteiger partial charge in [0.05, 0.1) is 11.3 Å². The van der Waals surface area contributed by atoms with Gasteiger partial charge in [0.25, 0.3) is 5.91 Å². The summed E-state index contributed by atoms with van der Waals surface area (Å²) in [4.78, 5) is 16.8. The third kappa shape index (κ3) is 3.22. The van der Waals surface area contributed by atoms with Crippen LogP contribution in [0.2, 0.25) is 0 Å². The fourth-order valence-corrected chi connectivity index (χ4v) is 3.15. The molecule has 0 aliphatic carbocycles. The van der Waals surface area contributed by atoms with Gasteiger partial charge in [-0.25, -0.2) is 13.8 Å². The highest BCUT2D eigenvalue weighted by Gasteiger charge is 2.15. The molecule has 1 aliphatic heterocycles. The zero-order valence-electron chi connectivity index (χ0n) is 14.0. The van der Waals surface area contributed by atoms with Crippen molar-refractivity contribution >= 4 is 11.6 Å². The first-order chi connectivity index (χ1) is 12.6. The second kappa shape index (κ2) is 6.71. The summed E-state index contributed by atoms with van der Waals surface area (Å²) in [6, 6.07) is 9.96. The van der Waals surface area contributed by atoms with Gasteiger partial charge in [-0.2, -0.15) is 0 Å². The number of anilines is 1. The highest BCUT2D eigenvalue weighted by atomic mass is 19.1. The van der Waals surface area contributed by atoms with E-state index in [1.807, 2.05) is 18.3 Å². The van der Waals surface area contributed by atoms with Crippen LogP contribution >= 0.6 is 0 Å². The summed E-state index contributed by atoms with van der Waals surface area (Å²) < 4.78 is 29.1. The first-order valence-corrected chi connectivity index (χ1v) is 8.53. The molecular formula is C20H17F2N3O. The molecule has 3 aromatic rings. The molecule has 2 aromatic carbocycles. The summed E-state index contributed by atoms with van der Waals surface area (Å²) in [6.07, 6.45) is 5.38. The molecule has 1 N–H and O–H groups in total. The number of nitrogens with one attached hydrogen (secondary N) is 1. The zero-order chi connectivity index (χ0) is 18.1. The maximum atomic E-state index is 13.7. The number of amides is 1. The molecule has 1 amide bonds. The van der Waals surface area contributed by atoms with E-state index in [0.29, 0.717) is 5.69 Å². The lowest BCUT2D eigenvalue weighted by Crippen LogP contribution is -2.14. The number of imidazole rings is 1. The predicted molar refractivity (Wildman–Crippen MR) is 94.9 cm³/mol. The van der Waals surface area contributed by atoms with Gasteiger partial charge in [0.2, 0.25) is 0 Å². The van der Waals surface area contributed by atoms with E-state index in [0.717, 1.165) is 54.7 Å². The molecule has 0 fully saturated rings. The summed E-state index contributed by atoms with van der Waals surface area (Å²) in [7, 11) is 0. The number of carbonyl (C=O) groups is 1. The van der Waals surface area contributed by atoms with Crippen LogP contribution in [0.1, 0.15) is 29.0 Å². The van der Waals surface area contributed by atoms with Crippen LogP contribution in [0.25, 0.3) is 11.3 Å². The number of halogens is 2. The molecule has 6 heteroatoms. The molecule has 2 heterocycles. The van der Waals surface area contributed by atoms with Gasteiger partial charge >= 0.3 is 0 Å². The molecule has 0 atom stereocenters. The Kier molecular flexibility index (Phi) is 4.24. The number of hydrogen-bond donors (Lipinski definition) is 1. The van der Waals surface area contributed by atoms with Crippen molar-refractivity contribution < 1.29 is 13.6 Å². The van der Waals surface area contributed by atoms with Crippen LogP contribution in [-0.2, 0) is 13.0 Å². The smallest absolute Gasteiger partial charge is 0.258 e. The van der Waals surface area contributed by atoms with Crippen LogP contribution in [0.4, 0.5) is 14.5 Å². The molecule has 0 spiro atoms. The predicted octanol–water partition coefficient (Wildman–Crippen LogP) is 4.42. The van der Waals surface area contributed by atoms with Crippen LogP contribution in [0.3, 0.4) is 0 Å². The minimum absolute atomic E-state index is 0.323. The fraction of sp³-hybridized carbons (Fsp3) is 0.200. The number of carbonyl (C=O) groups excluding carboxylic acids is 1. The van der Waals surface area contributed by atoms with Crippen molar-refractivity contribution in [2.75, 3.05) is 5.32 Å². The molecule has 0 saturated carbocycles. The zero-order valence-corrected chi connectivity index (χ0v) is 14.0. The van der Waals surface area contributed by atoms with Gasteiger partial charge in [-0.15, -0.1) is 0 Å². The molecule has 1 aliphatic rings. The molecule has 132 valence electrons. The molecule has 1 aromatic heterocycles.